The SMILES string of the molecule is CC(C(=O)NCc1ccc(F)cc1F)n1nc(-c2ccco2)ccc1=O. The van der Waals surface area contributed by atoms with Crippen LogP contribution in [0.1, 0.15) is 18.5 Å². The van der Waals surface area contributed by atoms with Gasteiger partial charge in [-0.25, -0.2) is 13.5 Å². The number of furan rings is 1. The fourth-order valence-corrected chi connectivity index (χ4v) is 2.36. The van der Waals surface area contributed by atoms with Gasteiger partial charge in [0.05, 0.1) is 6.26 Å². The molecule has 1 unspecified atom stereocenters. The number of carbonyl (C=O) groups excluding carboxylic acids is 1. The van der Waals surface area contributed by atoms with E-state index in [0.717, 1.165) is 16.8 Å². The summed E-state index contributed by atoms with van der Waals surface area (Å²) in [6, 6.07) is 8.30. The number of hydrogen-bond acceptors (Lipinski definition) is 4. The third-order valence-electron chi connectivity index (χ3n) is 3.81. The second kappa shape index (κ2) is 7.30. The molecule has 1 N–H and O–H groups in total. The van der Waals surface area contributed by atoms with Crippen molar-refractivity contribution in [1.29, 1.82) is 0 Å². The molecular formula is C18H15F2N3O3. The molecule has 26 heavy (non-hydrogen) atoms. The van der Waals surface area contributed by atoms with E-state index < -0.39 is 29.1 Å². The Balaban J connectivity index is 1.76. The molecule has 8 heteroatoms. The van der Waals surface area contributed by atoms with Crippen LogP contribution in [-0.4, -0.2) is 15.7 Å². The number of aromatic nitrogens is 2. The van der Waals surface area contributed by atoms with Crippen molar-refractivity contribution in [1.82, 2.24) is 15.1 Å². The van der Waals surface area contributed by atoms with Crippen LogP contribution < -0.4 is 10.9 Å². The maximum atomic E-state index is 13.6. The van der Waals surface area contributed by atoms with Crippen molar-refractivity contribution < 1.29 is 18.0 Å². The van der Waals surface area contributed by atoms with Gasteiger partial charge >= 0.3 is 0 Å². The fourth-order valence-electron chi connectivity index (χ4n) is 2.36. The number of carbonyl (C=O) groups is 1. The van der Waals surface area contributed by atoms with Crippen LogP contribution >= 0.6 is 0 Å². The second-order valence-corrected chi connectivity index (χ2v) is 5.61. The van der Waals surface area contributed by atoms with Crippen LogP contribution in [-0.2, 0) is 11.3 Å². The lowest BCUT2D eigenvalue weighted by atomic mass is 10.2. The van der Waals surface area contributed by atoms with E-state index in [2.05, 4.69) is 10.4 Å². The van der Waals surface area contributed by atoms with Gasteiger partial charge in [0.25, 0.3) is 5.56 Å². The minimum absolute atomic E-state index is 0.136. The van der Waals surface area contributed by atoms with E-state index in [0.29, 0.717) is 11.5 Å². The number of hydrogen-bond donors (Lipinski definition) is 1. The summed E-state index contributed by atoms with van der Waals surface area (Å²) in [5, 5.41) is 6.66. The lowest BCUT2D eigenvalue weighted by Gasteiger charge is -2.15. The van der Waals surface area contributed by atoms with Gasteiger partial charge in [-0.2, -0.15) is 5.10 Å². The molecule has 2 heterocycles. The van der Waals surface area contributed by atoms with Gasteiger partial charge in [0.2, 0.25) is 5.91 Å². The zero-order valence-corrected chi connectivity index (χ0v) is 13.8. The first-order valence-electron chi connectivity index (χ1n) is 7.81. The molecule has 134 valence electrons. The van der Waals surface area contributed by atoms with Crippen LogP contribution in [0.5, 0.6) is 0 Å². The first-order chi connectivity index (χ1) is 12.5. The van der Waals surface area contributed by atoms with Crippen molar-refractivity contribution in [3.63, 3.8) is 0 Å². The standard InChI is InChI=1S/C18H15F2N3O3/c1-11(18(25)21-10-12-4-5-13(19)9-14(12)20)23-17(24)7-6-15(22-23)16-3-2-8-26-16/h2-9,11H,10H2,1H3,(H,21,25). The summed E-state index contributed by atoms with van der Waals surface area (Å²) in [4.78, 5) is 24.4. The molecule has 6 nitrogen and oxygen atoms in total. The summed E-state index contributed by atoms with van der Waals surface area (Å²) in [6.07, 6.45) is 1.47. The van der Waals surface area contributed by atoms with Crippen LogP contribution in [0.3, 0.4) is 0 Å². The molecule has 0 spiro atoms. The summed E-state index contributed by atoms with van der Waals surface area (Å²) < 4.78 is 32.8. The fraction of sp³-hybridized carbons (Fsp3) is 0.167. The molecule has 0 aliphatic rings. The van der Waals surface area contributed by atoms with Crippen molar-refractivity contribution in [2.24, 2.45) is 0 Å². The molecule has 3 aromatic rings. The largest absolute Gasteiger partial charge is 0.463 e. The highest BCUT2D eigenvalue weighted by molar-refractivity contribution is 5.79. The normalized spacial score (nSPS) is 12.0. The molecule has 0 aliphatic heterocycles. The van der Waals surface area contributed by atoms with Gasteiger partial charge in [-0.3, -0.25) is 9.59 Å². The van der Waals surface area contributed by atoms with Crippen LogP contribution in [0, 0.1) is 11.6 Å². The molecule has 1 atom stereocenters. The lowest BCUT2D eigenvalue weighted by Crippen LogP contribution is -2.36. The van der Waals surface area contributed by atoms with Gasteiger partial charge in [0.1, 0.15) is 23.4 Å². The Hall–Kier alpha value is -3.29. The minimum atomic E-state index is -0.930. The molecular weight excluding hydrogens is 344 g/mol. The maximum absolute atomic E-state index is 13.6. The molecule has 0 saturated carbocycles. The van der Waals surface area contributed by atoms with Crippen molar-refractivity contribution >= 4 is 5.91 Å². The zero-order chi connectivity index (χ0) is 18.7. The zero-order valence-electron chi connectivity index (χ0n) is 13.8. The Kier molecular flexibility index (Phi) is 4.92. The van der Waals surface area contributed by atoms with Crippen molar-refractivity contribution in [2.45, 2.75) is 19.5 Å². The Morgan fingerprint density at radius 2 is 2.08 bits per heavy atom. The van der Waals surface area contributed by atoms with E-state index in [1.165, 1.54) is 31.4 Å². The predicted molar refractivity (Wildman–Crippen MR) is 89.1 cm³/mol. The molecule has 1 aromatic carbocycles. The van der Waals surface area contributed by atoms with Gasteiger partial charge in [0, 0.05) is 24.2 Å². The monoisotopic (exact) mass is 359 g/mol. The predicted octanol–water partition coefficient (Wildman–Crippen LogP) is 2.66. The lowest BCUT2D eigenvalue weighted by molar-refractivity contribution is -0.124. The minimum Gasteiger partial charge on any atom is -0.463 e. The molecule has 0 fully saturated rings. The van der Waals surface area contributed by atoms with Gasteiger partial charge in [-0.15, -0.1) is 0 Å². The van der Waals surface area contributed by atoms with Crippen LogP contribution in [0.15, 0.2) is 57.9 Å². The average molecular weight is 359 g/mol. The number of amides is 1. The van der Waals surface area contributed by atoms with E-state index >= 15 is 0 Å². The molecule has 2 aromatic heterocycles. The van der Waals surface area contributed by atoms with Crippen molar-refractivity contribution in [2.75, 3.05) is 0 Å². The topological polar surface area (TPSA) is 77.1 Å². The Morgan fingerprint density at radius 3 is 2.77 bits per heavy atom. The number of nitrogens with one attached hydrogen (secondary N) is 1. The first kappa shape index (κ1) is 17.5. The summed E-state index contributed by atoms with van der Waals surface area (Å²) in [5.74, 6) is -1.52. The van der Waals surface area contributed by atoms with E-state index in [9.17, 15) is 18.4 Å². The molecule has 1 amide bonds. The highest BCUT2D eigenvalue weighted by Crippen LogP contribution is 2.16. The van der Waals surface area contributed by atoms with E-state index in [1.54, 1.807) is 12.1 Å². The van der Waals surface area contributed by atoms with Crippen LogP contribution in [0.2, 0.25) is 0 Å². The summed E-state index contributed by atoms with van der Waals surface area (Å²) in [6.45, 7) is 1.36. The summed E-state index contributed by atoms with van der Waals surface area (Å²) in [5.41, 5.74) is 0.0753. The highest BCUT2D eigenvalue weighted by Gasteiger charge is 2.19. The molecule has 0 saturated heterocycles. The second-order valence-electron chi connectivity index (χ2n) is 5.61. The van der Waals surface area contributed by atoms with Crippen LogP contribution in [0.4, 0.5) is 8.78 Å². The molecule has 0 radical (unpaired) electrons. The van der Waals surface area contributed by atoms with Crippen LogP contribution in [0.25, 0.3) is 11.5 Å². The van der Waals surface area contributed by atoms with E-state index in [4.69, 9.17) is 4.42 Å². The number of halogens is 2. The summed E-state index contributed by atoms with van der Waals surface area (Å²) >= 11 is 0. The smallest absolute Gasteiger partial charge is 0.267 e. The summed E-state index contributed by atoms with van der Waals surface area (Å²) in [7, 11) is 0. The quantitative estimate of drug-likeness (QED) is 0.760. The third kappa shape index (κ3) is 3.69. The average Bonchev–Trinajstić information content (AvgIpc) is 3.15. The van der Waals surface area contributed by atoms with E-state index in [-0.39, 0.29) is 12.1 Å². The Labute approximate surface area is 147 Å². The van der Waals surface area contributed by atoms with Gasteiger partial charge < -0.3 is 9.73 Å². The van der Waals surface area contributed by atoms with Crippen molar-refractivity contribution in [3.8, 4) is 11.5 Å². The molecule has 0 bridgehead atoms. The van der Waals surface area contributed by atoms with Gasteiger partial charge in [-0.1, -0.05) is 6.07 Å². The number of nitrogens with zero attached hydrogens (tertiary/aromatic N) is 2. The number of benzene rings is 1. The number of rotatable bonds is 5. The first-order valence-corrected chi connectivity index (χ1v) is 7.81. The van der Waals surface area contributed by atoms with Gasteiger partial charge in [0.15, 0.2) is 5.76 Å². The molecule has 0 aliphatic carbocycles. The highest BCUT2D eigenvalue weighted by atomic mass is 19.1. The Bertz CT molecular complexity index is 984. The van der Waals surface area contributed by atoms with Gasteiger partial charge in [-0.05, 0) is 31.2 Å². The molecule has 3 rings (SSSR count). The van der Waals surface area contributed by atoms with E-state index in [1.807, 2.05) is 0 Å². The maximum Gasteiger partial charge on any atom is 0.267 e. The van der Waals surface area contributed by atoms with Crippen molar-refractivity contribution in [3.05, 3.63) is 76.3 Å². The Morgan fingerprint density at radius 1 is 1.27 bits per heavy atom. The third-order valence-corrected chi connectivity index (χ3v) is 3.81.